The first-order chi connectivity index (χ1) is 9.08. The van der Waals surface area contributed by atoms with Crippen molar-refractivity contribution in [3.8, 4) is 0 Å². The fraction of sp³-hybridized carbons (Fsp3) is 0.231. The zero-order valence-electron chi connectivity index (χ0n) is 10.4. The molecule has 3 N–H and O–H groups in total. The molecule has 0 saturated heterocycles. The van der Waals surface area contributed by atoms with Crippen molar-refractivity contribution in [3.63, 3.8) is 0 Å². The minimum absolute atomic E-state index is 0.131. The highest BCUT2D eigenvalue weighted by Crippen LogP contribution is 2.21. The lowest BCUT2D eigenvalue weighted by atomic mass is 10.2. The molecule has 0 radical (unpaired) electrons. The van der Waals surface area contributed by atoms with E-state index in [-0.39, 0.29) is 5.91 Å². The largest absolute Gasteiger partial charge is 0.384 e. The molecule has 0 saturated carbocycles. The molecular formula is C13H14BrN3OS. The Balaban J connectivity index is 2.05. The number of carbonyl (C=O) groups excluding carboxylic acids is 1. The number of aromatic nitrogens is 1. The maximum absolute atomic E-state index is 12.0. The first-order valence-electron chi connectivity index (χ1n) is 5.87. The van der Waals surface area contributed by atoms with Crippen molar-refractivity contribution in [2.45, 2.75) is 19.9 Å². The van der Waals surface area contributed by atoms with Crippen molar-refractivity contribution in [3.05, 3.63) is 44.2 Å². The SMILES string of the molecule is CCc1cc(C(=O)NCc2ccc(Br)s2)cc(N)n1. The van der Waals surface area contributed by atoms with Crippen LogP contribution in [0.3, 0.4) is 0 Å². The molecule has 2 aromatic heterocycles. The highest BCUT2D eigenvalue weighted by Gasteiger charge is 2.08. The van der Waals surface area contributed by atoms with Crippen LogP contribution < -0.4 is 11.1 Å². The summed E-state index contributed by atoms with van der Waals surface area (Å²) in [5.74, 6) is 0.247. The van der Waals surface area contributed by atoms with Crippen LogP contribution >= 0.6 is 27.3 Å². The van der Waals surface area contributed by atoms with E-state index < -0.39 is 0 Å². The summed E-state index contributed by atoms with van der Waals surface area (Å²) >= 11 is 4.99. The van der Waals surface area contributed by atoms with Gasteiger partial charge in [-0.15, -0.1) is 11.3 Å². The summed E-state index contributed by atoms with van der Waals surface area (Å²) in [4.78, 5) is 17.3. The summed E-state index contributed by atoms with van der Waals surface area (Å²) < 4.78 is 1.05. The van der Waals surface area contributed by atoms with E-state index in [9.17, 15) is 4.79 Å². The zero-order chi connectivity index (χ0) is 13.8. The second-order valence-corrected chi connectivity index (χ2v) is 6.56. The molecule has 2 rings (SSSR count). The predicted molar refractivity (Wildman–Crippen MR) is 81.2 cm³/mol. The number of nitrogens with one attached hydrogen (secondary N) is 1. The Bertz CT molecular complexity index is 597. The smallest absolute Gasteiger partial charge is 0.251 e. The number of rotatable bonds is 4. The summed E-state index contributed by atoms with van der Waals surface area (Å²) in [5.41, 5.74) is 7.07. The van der Waals surface area contributed by atoms with Crippen LogP contribution in [0.5, 0.6) is 0 Å². The van der Waals surface area contributed by atoms with E-state index >= 15 is 0 Å². The number of nitrogens with two attached hydrogens (primary N) is 1. The molecule has 0 unspecified atom stereocenters. The van der Waals surface area contributed by atoms with Gasteiger partial charge in [0.15, 0.2) is 0 Å². The lowest BCUT2D eigenvalue weighted by Crippen LogP contribution is -2.22. The van der Waals surface area contributed by atoms with Gasteiger partial charge in [0.1, 0.15) is 5.82 Å². The maximum atomic E-state index is 12.0. The third kappa shape index (κ3) is 3.78. The molecule has 100 valence electrons. The molecule has 0 aliphatic carbocycles. The highest BCUT2D eigenvalue weighted by molar-refractivity contribution is 9.11. The number of halogens is 1. The number of anilines is 1. The van der Waals surface area contributed by atoms with Gasteiger partial charge < -0.3 is 11.1 Å². The topological polar surface area (TPSA) is 68.0 Å². The van der Waals surface area contributed by atoms with Gasteiger partial charge in [0, 0.05) is 16.1 Å². The number of nitrogens with zero attached hydrogens (tertiary/aromatic N) is 1. The number of amides is 1. The first-order valence-corrected chi connectivity index (χ1v) is 7.48. The molecular weight excluding hydrogens is 326 g/mol. The Morgan fingerprint density at radius 2 is 2.26 bits per heavy atom. The Morgan fingerprint density at radius 3 is 2.89 bits per heavy atom. The number of hydrogen-bond donors (Lipinski definition) is 2. The minimum Gasteiger partial charge on any atom is -0.384 e. The van der Waals surface area contributed by atoms with E-state index in [0.717, 1.165) is 20.8 Å². The highest BCUT2D eigenvalue weighted by atomic mass is 79.9. The summed E-state index contributed by atoms with van der Waals surface area (Å²) in [5, 5.41) is 2.87. The van der Waals surface area contributed by atoms with Gasteiger partial charge in [0.2, 0.25) is 0 Å². The molecule has 19 heavy (non-hydrogen) atoms. The second kappa shape index (κ2) is 6.16. The maximum Gasteiger partial charge on any atom is 0.251 e. The zero-order valence-corrected chi connectivity index (χ0v) is 12.8. The van der Waals surface area contributed by atoms with Crippen molar-refractivity contribution in [1.82, 2.24) is 10.3 Å². The fourth-order valence-corrected chi connectivity index (χ4v) is 3.06. The summed E-state index contributed by atoms with van der Waals surface area (Å²) in [6.45, 7) is 2.49. The first kappa shape index (κ1) is 14.0. The Kier molecular flexibility index (Phi) is 4.55. The molecule has 6 heteroatoms. The quantitative estimate of drug-likeness (QED) is 0.899. The van der Waals surface area contributed by atoms with Crippen molar-refractivity contribution in [2.24, 2.45) is 0 Å². The number of aryl methyl sites for hydroxylation is 1. The van der Waals surface area contributed by atoms with Gasteiger partial charge in [0.25, 0.3) is 5.91 Å². The van der Waals surface area contributed by atoms with E-state index in [4.69, 9.17) is 5.73 Å². The molecule has 1 amide bonds. The van der Waals surface area contributed by atoms with Crippen LogP contribution in [-0.2, 0) is 13.0 Å². The minimum atomic E-state index is -0.131. The normalized spacial score (nSPS) is 10.4. The van der Waals surface area contributed by atoms with Crippen molar-refractivity contribution in [1.29, 1.82) is 0 Å². The third-order valence-corrected chi connectivity index (χ3v) is 4.20. The monoisotopic (exact) mass is 339 g/mol. The molecule has 0 spiro atoms. The fourth-order valence-electron chi connectivity index (χ4n) is 1.64. The van der Waals surface area contributed by atoms with Crippen LogP contribution in [0, 0.1) is 0 Å². The summed E-state index contributed by atoms with van der Waals surface area (Å²) in [7, 11) is 0. The number of hydrogen-bond acceptors (Lipinski definition) is 4. The Labute approximate surface area is 124 Å². The lowest BCUT2D eigenvalue weighted by Gasteiger charge is -2.06. The standard InChI is InChI=1S/C13H14BrN3OS/c1-2-9-5-8(6-12(15)17-9)13(18)16-7-10-3-4-11(14)19-10/h3-6H,2,7H2,1H3,(H2,15,17)(H,16,18). The number of carbonyl (C=O) groups is 1. The van der Waals surface area contributed by atoms with Gasteiger partial charge in [0.05, 0.1) is 10.3 Å². The molecule has 0 fully saturated rings. The van der Waals surface area contributed by atoms with Gasteiger partial charge in [-0.25, -0.2) is 4.98 Å². The predicted octanol–water partition coefficient (Wildman–Crippen LogP) is 2.98. The third-order valence-electron chi connectivity index (χ3n) is 2.57. The van der Waals surface area contributed by atoms with Gasteiger partial charge in [-0.3, -0.25) is 4.79 Å². The molecule has 0 atom stereocenters. The lowest BCUT2D eigenvalue weighted by molar-refractivity contribution is 0.0951. The van der Waals surface area contributed by atoms with Crippen LogP contribution in [0.15, 0.2) is 28.1 Å². The van der Waals surface area contributed by atoms with E-state index in [1.54, 1.807) is 23.5 Å². The molecule has 2 heterocycles. The Hall–Kier alpha value is -1.40. The van der Waals surface area contributed by atoms with Crippen LogP contribution in [0.4, 0.5) is 5.82 Å². The van der Waals surface area contributed by atoms with Crippen LogP contribution in [0.25, 0.3) is 0 Å². The number of nitrogen functional groups attached to an aromatic ring is 1. The molecule has 0 aromatic carbocycles. The van der Waals surface area contributed by atoms with Crippen LogP contribution in [0.1, 0.15) is 27.9 Å². The molecule has 0 aliphatic rings. The average Bonchev–Trinajstić information content (AvgIpc) is 2.81. The van der Waals surface area contributed by atoms with Crippen molar-refractivity contribution >= 4 is 39.0 Å². The van der Waals surface area contributed by atoms with Crippen molar-refractivity contribution in [2.75, 3.05) is 5.73 Å². The number of pyridine rings is 1. The Morgan fingerprint density at radius 1 is 1.47 bits per heavy atom. The van der Waals surface area contributed by atoms with E-state index in [1.807, 2.05) is 19.1 Å². The summed E-state index contributed by atoms with van der Waals surface area (Å²) in [6.07, 6.45) is 0.753. The van der Waals surface area contributed by atoms with E-state index in [1.165, 1.54) is 0 Å². The molecule has 2 aromatic rings. The molecule has 0 aliphatic heterocycles. The van der Waals surface area contributed by atoms with Crippen molar-refractivity contribution < 1.29 is 4.79 Å². The van der Waals surface area contributed by atoms with Gasteiger partial charge in [-0.2, -0.15) is 0 Å². The molecule has 0 bridgehead atoms. The van der Waals surface area contributed by atoms with Gasteiger partial charge in [-0.1, -0.05) is 6.92 Å². The average molecular weight is 340 g/mol. The number of thiophene rings is 1. The van der Waals surface area contributed by atoms with E-state index in [2.05, 4.69) is 26.2 Å². The van der Waals surface area contributed by atoms with Crippen LogP contribution in [-0.4, -0.2) is 10.9 Å². The summed E-state index contributed by atoms with van der Waals surface area (Å²) in [6, 6.07) is 7.31. The van der Waals surface area contributed by atoms with Gasteiger partial charge >= 0.3 is 0 Å². The second-order valence-electron chi connectivity index (χ2n) is 4.01. The molecule has 4 nitrogen and oxygen atoms in total. The van der Waals surface area contributed by atoms with E-state index in [0.29, 0.717) is 17.9 Å². The van der Waals surface area contributed by atoms with Gasteiger partial charge in [-0.05, 0) is 46.6 Å². The van der Waals surface area contributed by atoms with Crippen LogP contribution in [0.2, 0.25) is 0 Å².